The van der Waals surface area contributed by atoms with Gasteiger partial charge in [-0.2, -0.15) is 0 Å². The van der Waals surface area contributed by atoms with E-state index in [4.69, 9.17) is 11.6 Å². The van der Waals surface area contributed by atoms with E-state index in [1.54, 1.807) is 18.0 Å². The van der Waals surface area contributed by atoms with Crippen molar-refractivity contribution in [2.45, 2.75) is 19.5 Å². The molecule has 2 heterocycles. The molecule has 2 aromatic rings. The van der Waals surface area contributed by atoms with Gasteiger partial charge in [0.1, 0.15) is 6.04 Å². The lowest BCUT2D eigenvalue weighted by molar-refractivity contribution is -0.122. The summed E-state index contributed by atoms with van der Waals surface area (Å²) in [5.74, 6) is -0.237. The van der Waals surface area contributed by atoms with Crippen molar-refractivity contribution in [2.75, 3.05) is 31.1 Å². The fourth-order valence-electron chi connectivity index (χ4n) is 3.00. The SMILES string of the molecule is C[C@H](NC(=O)N1CCN(c2ccc(Cl)cc2)CC1)C(=O)NCc1ccccn1. The molecular weight excluding hydrogens is 378 g/mol. The van der Waals surface area contributed by atoms with E-state index in [0.29, 0.717) is 24.7 Å². The number of amides is 3. The first-order valence-electron chi connectivity index (χ1n) is 9.26. The van der Waals surface area contributed by atoms with E-state index < -0.39 is 6.04 Å². The Kier molecular flexibility index (Phi) is 6.71. The van der Waals surface area contributed by atoms with Crippen molar-refractivity contribution in [1.82, 2.24) is 20.5 Å². The third-order valence-electron chi connectivity index (χ3n) is 4.66. The molecule has 0 spiro atoms. The molecule has 3 rings (SSSR count). The Morgan fingerprint density at radius 2 is 1.82 bits per heavy atom. The van der Waals surface area contributed by atoms with Crippen LogP contribution in [0.3, 0.4) is 0 Å². The van der Waals surface area contributed by atoms with Gasteiger partial charge in [0, 0.05) is 43.1 Å². The van der Waals surface area contributed by atoms with Crippen molar-refractivity contribution in [3.05, 3.63) is 59.4 Å². The lowest BCUT2D eigenvalue weighted by Gasteiger charge is -2.36. The third kappa shape index (κ3) is 5.36. The molecule has 8 heteroatoms. The quantitative estimate of drug-likeness (QED) is 0.805. The van der Waals surface area contributed by atoms with Gasteiger partial charge in [-0.25, -0.2) is 4.79 Å². The van der Waals surface area contributed by atoms with E-state index in [0.717, 1.165) is 24.5 Å². The molecule has 28 heavy (non-hydrogen) atoms. The Labute approximate surface area is 169 Å². The van der Waals surface area contributed by atoms with E-state index in [1.807, 2.05) is 42.5 Å². The molecule has 0 saturated carbocycles. The normalized spacial score (nSPS) is 15.1. The van der Waals surface area contributed by atoms with Gasteiger partial charge in [-0.3, -0.25) is 9.78 Å². The molecule has 1 fully saturated rings. The van der Waals surface area contributed by atoms with Crippen LogP contribution in [-0.4, -0.2) is 54.0 Å². The van der Waals surface area contributed by atoms with Gasteiger partial charge in [0.25, 0.3) is 0 Å². The molecule has 1 aliphatic heterocycles. The topological polar surface area (TPSA) is 77.6 Å². The van der Waals surface area contributed by atoms with Crippen molar-refractivity contribution in [3.63, 3.8) is 0 Å². The summed E-state index contributed by atoms with van der Waals surface area (Å²) in [4.78, 5) is 32.8. The maximum atomic E-state index is 12.5. The van der Waals surface area contributed by atoms with Crippen LogP contribution < -0.4 is 15.5 Å². The first-order valence-corrected chi connectivity index (χ1v) is 9.64. The Bertz CT molecular complexity index is 792. The number of nitrogens with zero attached hydrogens (tertiary/aromatic N) is 3. The number of pyridine rings is 1. The highest BCUT2D eigenvalue weighted by molar-refractivity contribution is 6.30. The average molecular weight is 402 g/mol. The number of rotatable bonds is 5. The number of hydrogen-bond donors (Lipinski definition) is 2. The van der Waals surface area contributed by atoms with Gasteiger partial charge in [0.15, 0.2) is 0 Å². The van der Waals surface area contributed by atoms with E-state index >= 15 is 0 Å². The number of urea groups is 1. The maximum absolute atomic E-state index is 12.5. The number of nitrogens with one attached hydrogen (secondary N) is 2. The Balaban J connectivity index is 1.43. The van der Waals surface area contributed by atoms with Crippen LogP contribution in [0.15, 0.2) is 48.7 Å². The zero-order chi connectivity index (χ0) is 19.9. The molecule has 148 valence electrons. The van der Waals surface area contributed by atoms with Crippen molar-refractivity contribution in [1.29, 1.82) is 0 Å². The van der Waals surface area contributed by atoms with E-state index in [1.165, 1.54) is 0 Å². The van der Waals surface area contributed by atoms with Crippen molar-refractivity contribution >= 4 is 29.2 Å². The molecule has 1 aromatic heterocycles. The lowest BCUT2D eigenvalue weighted by atomic mass is 10.2. The molecule has 1 atom stereocenters. The van der Waals surface area contributed by atoms with Crippen LogP contribution >= 0.6 is 11.6 Å². The smallest absolute Gasteiger partial charge is 0.318 e. The zero-order valence-electron chi connectivity index (χ0n) is 15.8. The molecule has 3 amide bonds. The van der Waals surface area contributed by atoms with E-state index in [2.05, 4.69) is 20.5 Å². The summed E-state index contributed by atoms with van der Waals surface area (Å²) in [5.41, 5.74) is 1.86. The molecule has 7 nitrogen and oxygen atoms in total. The van der Waals surface area contributed by atoms with Crippen LogP contribution in [0.1, 0.15) is 12.6 Å². The number of benzene rings is 1. The number of carbonyl (C=O) groups is 2. The van der Waals surface area contributed by atoms with Gasteiger partial charge in [-0.15, -0.1) is 0 Å². The number of anilines is 1. The number of carbonyl (C=O) groups excluding carboxylic acids is 2. The molecule has 1 aliphatic rings. The van der Waals surface area contributed by atoms with Crippen LogP contribution in [0, 0.1) is 0 Å². The van der Waals surface area contributed by atoms with Gasteiger partial charge in [-0.05, 0) is 43.3 Å². The summed E-state index contributed by atoms with van der Waals surface area (Å²) in [6.07, 6.45) is 1.68. The van der Waals surface area contributed by atoms with E-state index in [-0.39, 0.29) is 11.9 Å². The second kappa shape index (κ2) is 9.41. The van der Waals surface area contributed by atoms with Crippen LogP contribution in [0.25, 0.3) is 0 Å². The second-order valence-corrected chi connectivity index (χ2v) is 7.10. The number of halogens is 1. The molecule has 1 aromatic carbocycles. The summed E-state index contributed by atoms with van der Waals surface area (Å²) < 4.78 is 0. The van der Waals surface area contributed by atoms with Crippen molar-refractivity contribution < 1.29 is 9.59 Å². The van der Waals surface area contributed by atoms with Gasteiger partial charge in [0.05, 0.1) is 12.2 Å². The highest BCUT2D eigenvalue weighted by Gasteiger charge is 2.24. The predicted molar refractivity (Wildman–Crippen MR) is 109 cm³/mol. The first kappa shape index (κ1) is 19.9. The van der Waals surface area contributed by atoms with E-state index in [9.17, 15) is 9.59 Å². The average Bonchev–Trinajstić information content (AvgIpc) is 2.73. The second-order valence-electron chi connectivity index (χ2n) is 6.66. The number of piperazine rings is 1. The summed E-state index contributed by atoms with van der Waals surface area (Å²) in [5, 5.41) is 6.26. The molecule has 0 bridgehead atoms. The first-order chi connectivity index (χ1) is 13.5. The summed E-state index contributed by atoms with van der Waals surface area (Å²) in [7, 11) is 0. The Morgan fingerprint density at radius 1 is 1.11 bits per heavy atom. The number of aromatic nitrogens is 1. The summed E-state index contributed by atoms with van der Waals surface area (Å²) >= 11 is 5.93. The Hall–Kier alpha value is -2.80. The Morgan fingerprint density at radius 3 is 2.46 bits per heavy atom. The molecule has 0 radical (unpaired) electrons. The monoisotopic (exact) mass is 401 g/mol. The summed E-state index contributed by atoms with van der Waals surface area (Å²) in [6.45, 7) is 4.66. The zero-order valence-corrected chi connectivity index (χ0v) is 16.5. The van der Waals surface area contributed by atoms with Crippen molar-refractivity contribution in [3.8, 4) is 0 Å². The molecule has 2 N–H and O–H groups in total. The lowest BCUT2D eigenvalue weighted by Crippen LogP contribution is -2.55. The standard InChI is InChI=1S/C20H24ClN5O2/c1-15(19(27)23-14-17-4-2-3-9-22-17)24-20(28)26-12-10-25(11-13-26)18-7-5-16(21)6-8-18/h2-9,15H,10-14H2,1H3,(H,23,27)(H,24,28)/t15-/m0/s1. The molecule has 0 aliphatic carbocycles. The van der Waals surface area contributed by atoms with Gasteiger partial charge in [0.2, 0.25) is 5.91 Å². The fraction of sp³-hybridized carbons (Fsp3) is 0.350. The largest absolute Gasteiger partial charge is 0.368 e. The van der Waals surface area contributed by atoms with Gasteiger partial charge < -0.3 is 20.4 Å². The third-order valence-corrected chi connectivity index (χ3v) is 4.91. The maximum Gasteiger partial charge on any atom is 0.318 e. The predicted octanol–water partition coefficient (Wildman–Crippen LogP) is 2.27. The van der Waals surface area contributed by atoms with Crippen LogP contribution in [0.2, 0.25) is 5.02 Å². The fourth-order valence-corrected chi connectivity index (χ4v) is 3.12. The van der Waals surface area contributed by atoms with Crippen LogP contribution in [0.4, 0.5) is 10.5 Å². The summed E-state index contributed by atoms with van der Waals surface area (Å²) in [6, 6.07) is 12.4. The molecular formula is C20H24ClN5O2. The van der Waals surface area contributed by atoms with Gasteiger partial charge >= 0.3 is 6.03 Å². The minimum absolute atomic E-state index is 0.226. The van der Waals surface area contributed by atoms with Crippen LogP contribution in [-0.2, 0) is 11.3 Å². The minimum Gasteiger partial charge on any atom is -0.368 e. The minimum atomic E-state index is -0.620. The molecule has 1 saturated heterocycles. The van der Waals surface area contributed by atoms with Gasteiger partial charge in [-0.1, -0.05) is 17.7 Å². The van der Waals surface area contributed by atoms with Crippen molar-refractivity contribution in [2.24, 2.45) is 0 Å². The van der Waals surface area contributed by atoms with Crippen LogP contribution in [0.5, 0.6) is 0 Å². The molecule has 0 unspecified atom stereocenters. The highest BCUT2D eigenvalue weighted by Crippen LogP contribution is 2.19. The highest BCUT2D eigenvalue weighted by atomic mass is 35.5. The number of hydrogen-bond acceptors (Lipinski definition) is 4.